The van der Waals surface area contributed by atoms with Gasteiger partial charge >= 0.3 is 0 Å². The van der Waals surface area contributed by atoms with Gasteiger partial charge in [-0.15, -0.1) is 0 Å². The Bertz CT molecular complexity index is 573. The van der Waals surface area contributed by atoms with Crippen LogP contribution in [0.1, 0.15) is 44.1 Å². The molecule has 0 N–H and O–H groups in total. The third kappa shape index (κ3) is 3.07. The maximum atomic E-state index is 13.0. The molecule has 130 valence electrons. The third-order valence-electron chi connectivity index (χ3n) is 6.07. The second kappa shape index (κ2) is 6.81. The summed E-state index contributed by atoms with van der Waals surface area (Å²) in [7, 11) is 0. The molecule has 1 aromatic rings. The number of hydroxylamine groups is 2. The van der Waals surface area contributed by atoms with Crippen molar-refractivity contribution in [1.29, 1.82) is 0 Å². The SMILES string of the molecule is O=C(C1CCCC12CCN(Cc1ccncc1)C2)N1CCCCO1. The minimum Gasteiger partial charge on any atom is -0.298 e. The van der Waals surface area contributed by atoms with Gasteiger partial charge in [-0.1, -0.05) is 6.42 Å². The van der Waals surface area contributed by atoms with Gasteiger partial charge in [-0.25, -0.2) is 5.06 Å². The van der Waals surface area contributed by atoms with Crippen LogP contribution in [-0.2, 0) is 16.2 Å². The van der Waals surface area contributed by atoms with Gasteiger partial charge in [0.2, 0.25) is 5.91 Å². The molecule has 2 saturated heterocycles. The standard InChI is InChI=1S/C19H27N3O2/c23-18(22-11-1-2-13-24-22)17-4-3-7-19(17)8-12-21(15-19)14-16-5-9-20-10-6-16/h5-6,9-10,17H,1-4,7-8,11-15H2. The van der Waals surface area contributed by atoms with Crippen molar-refractivity contribution < 1.29 is 9.63 Å². The lowest BCUT2D eigenvalue weighted by Crippen LogP contribution is -2.45. The maximum Gasteiger partial charge on any atom is 0.249 e. The Labute approximate surface area is 143 Å². The van der Waals surface area contributed by atoms with Crippen LogP contribution in [0.25, 0.3) is 0 Å². The largest absolute Gasteiger partial charge is 0.298 e. The summed E-state index contributed by atoms with van der Waals surface area (Å²) in [6.45, 7) is 4.56. The number of likely N-dealkylation sites (tertiary alicyclic amines) is 1. The molecule has 1 aromatic heterocycles. The minimum absolute atomic E-state index is 0.151. The van der Waals surface area contributed by atoms with Crippen molar-refractivity contribution in [3.8, 4) is 0 Å². The topological polar surface area (TPSA) is 45.7 Å². The molecule has 2 unspecified atom stereocenters. The van der Waals surface area contributed by atoms with Crippen LogP contribution in [0.4, 0.5) is 0 Å². The lowest BCUT2D eigenvalue weighted by Gasteiger charge is -2.35. The van der Waals surface area contributed by atoms with E-state index in [0.29, 0.717) is 6.61 Å². The summed E-state index contributed by atoms with van der Waals surface area (Å²) in [6, 6.07) is 4.17. The number of aromatic nitrogens is 1. The van der Waals surface area contributed by atoms with Crippen molar-refractivity contribution in [2.45, 2.75) is 45.1 Å². The molecule has 0 radical (unpaired) electrons. The summed E-state index contributed by atoms with van der Waals surface area (Å²) < 4.78 is 0. The number of hydrogen-bond donors (Lipinski definition) is 0. The molecule has 1 amide bonds. The van der Waals surface area contributed by atoms with E-state index >= 15 is 0 Å². The van der Waals surface area contributed by atoms with E-state index in [1.165, 1.54) is 18.4 Å². The Hall–Kier alpha value is -1.46. The summed E-state index contributed by atoms with van der Waals surface area (Å²) in [5.41, 5.74) is 1.48. The van der Waals surface area contributed by atoms with Gasteiger partial charge in [0.25, 0.3) is 0 Å². The molecular weight excluding hydrogens is 302 g/mol. The number of rotatable bonds is 3. The van der Waals surface area contributed by atoms with Crippen molar-refractivity contribution in [2.24, 2.45) is 11.3 Å². The number of carbonyl (C=O) groups is 1. The first-order chi connectivity index (χ1) is 11.8. The summed E-state index contributed by atoms with van der Waals surface area (Å²) in [5.74, 6) is 0.399. The van der Waals surface area contributed by atoms with E-state index in [-0.39, 0.29) is 17.2 Å². The van der Waals surface area contributed by atoms with Crippen molar-refractivity contribution in [2.75, 3.05) is 26.2 Å². The van der Waals surface area contributed by atoms with Gasteiger partial charge in [-0.2, -0.15) is 0 Å². The number of carbonyl (C=O) groups excluding carboxylic acids is 1. The molecule has 3 aliphatic rings. The zero-order valence-electron chi connectivity index (χ0n) is 14.3. The second-order valence-electron chi connectivity index (χ2n) is 7.60. The number of amides is 1. The molecule has 5 nitrogen and oxygen atoms in total. The molecule has 0 bridgehead atoms. The van der Waals surface area contributed by atoms with Gasteiger partial charge in [0, 0.05) is 37.9 Å². The van der Waals surface area contributed by atoms with Crippen LogP contribution in [0.5, 0.6) is 0 Å². The molecule has 4 rings (SSSR count). The van der Waals surface area contributed by atoms with Crippen LogP contribution >= 0.6 is 0 Å². The van der Waals surface area contributed by atoms with E-state index in [4.69, 9.17) is 4.84 Å². The highest BCUT2D eigenvalue weighted by atomic mass is 16.7. The Morgan fingerprint density at radius 2 is 2.08 bits per heavy atom. The predicted molar refractivity (Wildman–Crippen MR) is 90.8 cm³/mol. The first kappa shape index (κ1) is 16.0. The fourth-order valence-corrected chi connectivity index (χ4v) is 4.82. The Balaban J connectivity index is 1.43. The average molecular weight is 329 g/mol. The van der Waals surface area contributed by atoms with Gasteiger partial charge in [-0.3, -0.25) is 19.5 Å². The molecule has 24 heavy (non-hydrogen) atoms. The fourth-order valence-electron chi connectivity index (χ4n) is 4.82. The maximum absolute atomic E-state index is 13.0. The van der Waals surface area contributed by atoms with Gasteiger partial charge in [0.1, 0.15) is 0 Å². The smallest absolute Gasteiger partial charge is 0.249 e. The monoisotopic (exact) mass is 329 g/mol. The molecule has 2 atom stereocenters. The molecule has 3 heterocycles. The van der Waals surface area contributed by atoms with E-state index in [0.717, 1.165) is 51.9 Å². The predicted octanol–water partition coefficient (Wildman–Crippen LogP) is 2.63. The highest BCUT2D eigenvalue weighted by molar-refractivity contribution is 5.79. The fraction of sp³-hybridized carbons (Fsp3) is 0.684. The first-order valence-electron chi connectivity index (χ1n) is 9.32. The van der Waals surface area contributed by atoms with E-state index in [1.807, 2.05) is 12.4 Å². The van der Waals surface area contributed by atoms with Crippen LogP contribution < -0.4 is 0 Å². The van der Waals surface area contributed by atoms with E-state index in [2.05, 4.69) is 22.0 Å². The van der Waals surface area contributed by atoms with Crippen LogP contribution in [-0.4, -0.2) is 47.1 Å². The Morgan fingerprint density at radius 1 is 1.21 bits per heavy atom. The van der Waals surface area contributed by atoms with Crippen molar-refractivity contribution in [1.82, 2.24) is 14.9 Å². The number of hydrogen-bond acceptors (Lipinski definition) is 4. The Kier molecular flexibility index (Phi) is 4.55. The van der Waals surface area contributed by atoms with Gasteiger partial charge in [-0.05, 0) is 61.8 Å². The van der Waals surface area contributed by atoms with Crippen molar-refractivity contribution in [3.63, 3.8) is 0 Å². The third-order valence-corrected chi connectivity index (χ3v) is 6.07. The quantitative estimate of drug-likeness (QED) is 0.855. The molecule has 0 aromatic carbocycles. The van der Waals surface area contributed by atoms with E-state index in [1.54, 1.807) is 5.06 Å². The number of nitrogens with zero attached hydrogens (tertiary/aromatic N) is 3. The molecule has 5 heteroatoms. The molecule has 2 aliphatic heterocycles. The second-order valence-corrected chi connectivity index (χ2v) is 7.60. The van der Waals surface area contributed by atoms with E-state index < -0.39 is 0 Å². The Morgan fingerprint density at radius 3 is 2.88 bits per heavy atom. The molecule has 1 spiro atoms. The zero-order chi connectivity index (χ0) is 16.4. The highest BCUT2D eigenvalue weighted by Crippen LogP contribution is 2.50. The van der Waals surface area contributed by atoms with Gasteiger partial charge < -0.3 is 0 Å². The molecule has 1 aliphatic carbocycles. The van der Waals surface area contributed by atoms with Gasteiger partial charge in [0.05, 0.1) is 6.61 Å². The normalized spacial score (nSPS) is 31.0. The molecular formula is C19H27N3O2. The van der Waals surface area contributed by atoms with Gasteiger partial charge in [0.15, 0.2) is 0 Å². The lowest BCUT2D eigenvalue weighted by molar-refractivity contribution is -0.204. The lowest BCUT2D eigenvalue weighted by atomic mass is 9.76. The first-order valence-corrected chi connectivity index (χ1v) is 9.32. The average Bonchev–Trinajstić information content (AvgIpc) is 3.23. The summed E-state index contributed by atoms with van der Waals surface area (Å²) in [4.78, 5) is 25.2. The minimum atomic E-state index is 0.151. The van der Waals surface area contributed by atoms with E-state index in [9.17, 15) is 4.79 Å². The number of pyridine rings is 1. The van der Waals surface area contributed by atoms with Crippen LogP contribution in [0.3, 0.4) is 0 Å². The van der Waals surface area contributed by atoms with Crippen molar-refractivity contribution in [3.05, 3.63) is 30.1 Å². The summed E-state index contributed by atoms with van der Waals surface area (Å²) >= 11 is 0. The van der Waals surface area contributed by atoms with Crippen molar-refractivity contribution >= 4 is 5.91 Å². The van der Waals surface area contributed by atoms with Crippen LogP contribution in [0.2, 0.25) is 0 Å². The van der Waals surface area contributed by atoms with Crippen LogP contribution in [0, 0.1) is 11.3 Å². The zero-order valence-corrected chi connectivity index (χ0v) is 14.3. The molecule has 3 fully saturated rings. The molecule has 1 saturated carbocycles. The highest BCUT2D eigenvalue weighted by Gasteiger charge is 2.51. The van der Waals surface area contributed by atoms with Crippen LogP contribution in [0.15, 0.2) is 24.5 Å². The summed E-state index contributed by atoms with van der Waals surface area (Å²) in [6.07, 6.45) is 10.4. The summed E-state index contributed by atoms with van der Waals surface area (Å²) in [5, 5.41) is 1.67.